The first-order chi connectivity index (χ1) is 8.35. The van der Waals surface area contributed by atoms with E-state index in [0.29, 0.717) is 5.56 Å². The molecule has 1 radical (unpaired) electrons. The van der Waals surface area contributed by atoms with Gasteiger partial charge in [-0.1, -0.05) is 5.56 Å². The summed E-state index contributed by atoms with van der Waals surface area (Å²) < 4.78 is 0. The monoisotopic (exact) mass is 315 g/mol. The molecule has 0 atom stereocenters. The van der Waals surface area contributed by atoms with E-state index in [1.54, 1.807) is 24.3 Å². The second-order valence-electron chi connectivity index (χ2n) is 2.76. The van der Waals surface area contributed by atoms with Crippen molar-refractivity contribution in [3.63, 3.8) is 0 Å². The molecule has 0 heterocycles. The molecule has 0 amide bonds. The van der Waals surface area contributed by atoms with Gasteiger partial charge in [0.2, 0.25) is 0 Å². The summed E-state index contributed by atoms with van der Waals surface area (Å²) in [5.41, 5.74) is 0.698. The van der Waals surface area contributed by atoms with Crippen LogP contribution in [0.4, 0.5) is 0 Å². The Balaban J connectivity index is 0. The number of carbonyl (C=O) groups is 2. The third-order valence-electron chi connectivity index (χ3n) is 1.49. The molecule has 0 spiro atoms. The zero-order valence-electron chi connectivity index (χ0n) is 10.2. The van der Waals surface area contributed by atoms with Crippen molar-refractivity contribution in [3.05, 3.63) is 72.3 Å². The Kier molecular flexibility index (Phi) is 17.0. The van der Waals surface area contributed by atoms with Crippen molar-refractivity contribution in [2.75, 3.05) is 0 Å². The van der Waals surface area contributed by atoms with E-state index in [1.165, 1.54) is 6.92 Å². The minimum atomic E-state index is 0. The summed E-state index contributed by atoms with van der Waals surface area (Å²) in [5, 5.41) is 0. The summed E-state index contributed by atoms with van der Waals surface area (Å²) in [6, 6.07) is 22.2. The van der Waals surface area contributed by atoms with Crippen molar-refractivity contribution >= 4 is 12.6 Å². The molecule has 0 saturated heterocycles. The summed E-state index contributed by atoms with van der Waals surface area (Å²) in [5.74, 6) is 0. The van der Waals surface area contributed by atoms with Gasteiger partial charge in [-0.3, -0.25) is 0 Å². The molecule has 0 bridgehead atoms. The molecule has 0 aliphatic carbocycles. The predicted molar refractivity (Wildman–Crippen MR) is 67.7 cm³/mol. The van der Waals surface area contributed by atoms with Crippen LogP contribution in [-0.2, 0) is 37.5 Å². The molecule has 2 rings (SSSR count). The van der Waals surface area contributed by atoms with Gasteiger partial charge in [0.15, 0.2) is 0 Å². The molecule has 0 aromatic heterocycles. The maximum Gasteiger partial charge on any atom is 0.126 e. The molecule has 2 nitrogen and oxygen atoms in total. The van der Waals surface area contributed by atoms with Gasteiger partial charge in [-0.2, -0.15) is 66.7 Å². The van der Waals surface area contributed by atoms with Gasteiger partial charge in [0, 0.05) is 32.7 Å². The first-order valence-corrected chi connectivity index (χ1v) is 5.07. The molecule has 2 aromatic carbocycles. The van der Waals surface area contributed by atoms with Gasteiger partial charge in [-0.25, -0.2) is 0 Å². The van der Waals surface area contributed by atoms with Crippen LogP contribution in [-0.4, -0.2) is 12.6 Å². The number of benzene rings is 2. The largest absolute Gasteiger partial charge is 0.304 e. The van der Waals surface area contributed by atoms with E-state index in [2.05, 4.69) is 12.1 Å². The van der Waals surface area contributed by atoms with E-state index >= 15 is 0 Å². The smallest absolute Gasteiger partial charge is 0.126 e. The van der Waals surface area contributed by atoms with Crippen LogP contribution in [0.15, 0.2) is 54.6 Å². The van der Waals surface area contributed by atoms with Crippen molar-refractivity contribution in [1.82, 2.24) is 0 Å². The molecule has 0 saturated carbocycles. The van der Waals surface area contributed by atoms with Gasteiger partial charge < -0.3 is 9.59 Å². The van der Waals surface area contributed by atoms with Crippen LogP contribution in [0.5, 0.6) is 0 Å². The summed E-state index contributed by atoms with van der Waals surface area (Å²) >= 11 is 0. The first kappa shape index (κ1) is 19.2. The molecule has 91 valence electrons. The predicted octanol–water partition coefficient (Wildman–Crippen LogP) is 2.99. The van der Waals surface area contributed by atoms with E-state index < -0.39 is 0 Å². The van der Waals surface area contributed by atoms with Gasteiger partial charge in [-0.05, 0) is 6.92 Å². The fourth-order valence-corrected chi connectivity index (χ4v) is 0.820. The topological polar surface area (TPSA) is 34.1 Å². The molecule has 0 aliphatic rings. The Morgan fingerprint density at radius 1 is 0.889 bits per heavy atom. The maximum atomic E-state index is 9.99. The maximum absolute atomic E-state index is 9.99. The van der Waals surface area contributed by atoms with Crippen LogP contribution in [0.25, 0.3) is 0 Å². The van der Waals surface area contributed by atoms with E-state index in [4.69, 9.17) is 4.79 Å². The van der Waals surface area contributed by atoms with Gasteiger partial charge in [0.05, 0.1) is 0 Å². The molecular formula is C15H14O2Y-2. The zero-order valence-corrected chi connectivity index (χ0v) is 13.1. The number of rotatable bonds is 1. The molecule has 18 heavy (non-hydrogen) atoms. The normalized spacial score (nSPS) is 7.17. The van der Waals surface area contributed by atoms with Gasteiger partial charge in [-0.15, -0.1) is 0 Å². The fourth-order valence-electron chi connectivity index (χ4n) is 0.820. The molecule has 3 heteroatoms. The molecular weight excluding hydrogens is 301 g/mol. The quantitative estimate of drug-likeness (QED) is 0.599. The number of carbonyl (C=O) groups excluding carboxylic acids is 2. The van der Waals surface area contributed by atoms with Crippen molar-refractivity contribution < 1.29 is 42.3 Å². The Bertz CT molecular complexity index is 361. The van der Waals surface area contributed by atoms with Crippen molar-refractivity contribution in [2.24, 2.45) is 0 Å². The SMILES string of the molecule is CC=O.O=Cc1cc[c-]cc1.[Y].[c-]1ccccc1. The van der Waals surface area contributed by atoms with Crippen LogP contribution in [0.1, 0.15) is 17.3 Å². The van der Waals surface area contributed by atoms with Crippen LogP contribution in [0.3, 0.4) is 0 Å². The minimum Gasteiger partial charge on any atom is -0.304 e. The van der Waals surface area contributed by atoms with Crippen molar-refractivity contribution in [1.29, 1.82) is 0 Å². The van der Waals surface area contributed by atoms with Crippen LogP contribution in [0.2, 0.25) is 0 Å². The molecule has 0 unspecified atom stereocenters. The number of hydrogen-bond donors (Lipinski definition) is 0. The minimum absolute atomic E-state index is 0. The summed E-state index contributed by atoms with van der Waals surface area (Å²) in [4.78, 5) is 18.8. The fraction of sp³-hybridized carbons (Fsp3) is 0.0667. The van der Waals surface area contributed by atoms with E-state index in [9.17, 15) is 4.79 Å². The second-order valence-corrected chi connectivity index (χ2v) is 2.76. The Morgan fingerprint density at radius 3 is 1.56 bits per heavy atom. The Labute approximate surface area is 133 Å². The summed E-state index contributed by atoms with van der Waals surface area (Å²) in [6.45, 7) is 1.44. The standard InChI is InChI=1S/C7H5O.C6H5.C2H4O.Y/c8-6-7-4-2-1-3-5-7;1-2-4-6-5-3-1;1-2-3;/h2-6H;1-5H;2H,1H3;/q2*-1;;. The van der Waals surface area contributed by atoms with Crippen LogP contribution >= 0.6 is 0 Å². The first-order valence-electron chi connectivity index (χ1n) is 5.07. The Morgan fingerprint density at radius 2 is 1.33 bits per heavy atom. The van der Waals surface area contributed by atoms with E-state index in [-0.39, 0.29) is 32.7 Å². The van der Waals surface area contributed by atoms with Crippen molar-refractivity contribution in [3.8, 4) is 0 Å². The summed E-state index contributed by atoms with van der Waals surface area (Å²) in [6.07, 6.45) is 1.56. The zero-order chi connectivity index (χ0) is 12.8. The molecule has 2 aromatic rings. The van der Waals surface area contributed by atoms with E-state index in [0.717, 1.165) is 12.6 Å². The average Bonchev–Trinajstić information content (AvgIpc) is 2.43. The van der Waals surface area contributed by atoms with Gasteiger partial charge in [0.25, 0.3) is 0 Å². The average molecular weight is 315 g/mol. The molecule has 0 N–H and O–H groups in total. The number of aldehydes is 2. The summed E-state index contributed by atoms with van der Waals surface area (Å²) in [7, 11) is 0. The van der Waals surface area contributed by atoms with Crippen molar-refractivity contribution in [2.45, 2.75) is 6.92 Å². The van der Waals surface area contributed by atoms with Gasteiger partial charge in [0.1, 0.15) is 12.6 Å². The van der Waals surface area contributed by atoms with Crippen LogP contribution in [0, 0.1) is 12.1 Å². The third-order valence-corrected chi connectivity index (χ3v) is 1.49. The number of hydrogen-bond acceptors (Lipinski definition) is 2. The van der Waals surface area contributed by atoms with E-state index in [1.807, 2.05) is 30.3 Å². The second kappa shape index (κ2) is 15.9. The Hall–Kier alpha value is -1.12. The molecule has 0 fully saturated rings. The third kappa shape index (κ3) is 13.0. The van der Waals surface area contributed by atoms with Gasteiger partial charge >= 0.3 is 0 Å². The van der Waals surface area contributed by atoms with Crippen LogP contribution < -0.4 is 0 Å². The molecule has 0 aliphatic heterocycles.